The molecule has 0 fully saturated rings. The van der Waals surface area contributed by atoms with Crippen LogP contribution in [0.3, 0.4) is 0 Å². The minimum atomic E-state index is -0.208. The molecule has 2 aromatic rings. The maximum atomic E-state index is 14.4. The van der Waals surface area contributed by atoms with Gasteiger partial charge >= 0.3 is 0 Å². The highest BCUT2D eigenvalue weighted by Crippen LogP contribution is 2.31. The summed E-state index contributed by atoms with van der Waals surface area (Å²) < 4.78 is 20.4. The molecule has 2 aromatic carbocycles. The first kappa shape index (κ1) is 14.7. The highest BCUT2D eigenvalue weighted by molar-refractivity contribution is 9.10. The second-order valence-electron chi connectivity index (χ2n) is 5.15. The zero-order chi connectivity index (χ0) is 14.8. The second-order valence-corrected chi connectivity index (χ2v) is 6.01. The van der Waals surface area contributed by atoms with Crippen molar-refractivity contribution in [2.24, 2.45) is 0 Å². The molecule has 1 aliphatic heterocycles. The van der Waals surface area contributed by atoms with Crippen molar-refractivity contribution in [1.82, 2.24) is 5.32 Å². The van der Waals surface area contributed by atoms with Gasteiger partial charge in [-0.25, -0.2) is 4.39 Å². The molecule has 0 bridgehead atoms. The smallest absolute Gasteiger partial charge is 0.142 e. The third kappa shape index (κ3) is 2.89. The Morgan fingerprint density at radius 3 is 2.86 bits per heavy atom. The molecule has 0 saturated heterocycles. The molecule has 1 aliphatic rings. The maximum absolute atomic E-state index is 14.4. The Bertz CT molecular complexity index is 659. The molecule has 0 aromatic heterocycles. The average Bonchev–Trinajstić information content (AvgIpc) is 2.95. The quantitative estimate of drug-likeness (QED) is 0.887. The number of halogens is 2. The van der Waals surface area contributed by atoms with E-state index in [1.165, 1.54) is 11.1 Å². The second kappa shape index (κ2) is 6.26. The van der Waals surface area contributed by atoms with E-state index in [-0.39, 0.29) is 11.9 Å². The van der Waals surface area contributed by atoms with Gasteiger partial charge < -0.3 is 10.1 Å². The number of nitrogens with one attached hydrogen (secondary N) is 1. The largest absolute Gasteiger partial charge is 0.372 e. The lowest BCUT2D eigenvalue weighted by Gasteiger charge is -2.20. The van der Waals surface area contributed by atoms with Crippen molar-refractivity contribution in [1.29, 1.82) is 0 Å². The Kier molecular flexibility index (Phi) is 4.38. The lowest BCUT2D eigenvalue weighted by atomic mass is 9.95. The van der Waals surface area contributed by atoms with Crippen molar-refractivity contribution in [3.8, 4) is 0 Å². The Hall–Kier alpha value is -1.23. The predicted molar refractivity (Wildman–Crippen MR) is 84.6 cm³/mol. The van der Waals surface area contributed by atoms with Crippen molar-refractivity contribution in [2.45, 2.75) is 26.2 Å². The van der Waals surface area contributed by atoms with Gasteiger partial charge in [0.2, 0.25) is 0 Å². The SMILES string of the molecule is CCNC(c1ccc2c(c1)COC2)c1cccc(Br)c1F. The van der Waals surface area contributed by atoms with E-state index < -0.39 is 0 Å². The minimum absolute atomic E-state index is 0.154. The molecular weight excluding hydrogens is 333 g/mol. The first-order valence-corrected chi connectivity index (χ1v) is 7.86. The lowest BCUT2D eigenvalue weighted by molar-refractivity contribution is 0.134. The normalized spacial score (nSPS) is 15.0. The summed E-state index contributed by atoms with van der Waals surface area (Å²) >= 11 is 3.26. The highest BCUT2D eigenvalue weighted by Gasteiger charge is 2.20. The van der Waals surface area contributed by atoms with Crippen molar-refractivity contribution in [3.63, 3.8) is 0 Å². The van der Waals surface area contributed by atoms with Gasteiger partial charge in [-0.05, 0) is 45.2 Å². The van der Waals surface area contributed by atoms with Crippen molar-refractivity contribution < 1.29 is 9.13 Å². The molecule has 1 heterocycles. The van der Waals surface area contributed by atoms with Gasteiger partial charge in [-0.15, -0.1) is 0 Å². The van der Waals surface area contributed by atoms with Crippen molar-refractivity contribution >= 4 is 15.9 Å². The molecule has 1 N–H and O–H groups in total. The van der Waals surface area contributed by atoms with E-state index in [1.54, 1.807) is 6.07 Å². The Labute approximate surface area is 132 Å². The van der Waals surface area contributed by atoms with E-state index in [1.807, 2.05) is 19.1 Å². The van der Waals surface area contributed by atoms with Gasteiger partial charge in [0.15, 0.2) is 0 Å². The van der Waals surface area contributed by atoms with E-state index in [0.717, 1.165) is 12.1 Å². The molecule has 0 amide bonds. The fraction of sp³-hybridized carbons (Fsp3) is 0.294. The zero-order valence-electron chi connectivity index (χ0n) is 11.8. The summed E-state index contributed by atoms with van der Waals surface area (Å²) in [4.78, 5) is 0. The summed E-state index contributed by atoms with van der Waals surface area (Å²) in [5.74, 6) is -0.208. The number of ether oxygens (including phenoxy) is 1. The maximum Gasteiger partial charge on any atom is 0.142 e. The molecule has 0 spiro atoms. The molecule has 110 valence electrons. The van der Waals surface area contributed by atoms with Gasteiger partial charge in [0.25, 0.3) is 0 Å². The number of rotatable bonds is 4. The van der Waals surface area contributed by atoms with Gasteiger partial charge in [-0.1, -0.05) is 37.3 Å². The van der Waals surface area contributed by atoms with E-state index in [0.29, 0.717) is 23.2 Å². The number of hydrogen-bond acceptors (Lipinski definition) is 2. The standard InChI is InChI=1S/C17H17BrFNO/c1-2-20-17(14-4-3-5-15(18)16(14)19)11-6-7-12-9-21-10-13(12)8-11/h3-8,17,20H,2,9-10H2,1H3. The molecule has 0 aliphatic carbocycles. The van der Waals surface area contributed by atoms with Crippen LogP contribution in [0.15, 0.2) is 40.9 Å². The molecule has 0 saturated carbocycles. The van der Waals surface area contributed by atoms with Crippen LogP contribution >= 0.6 is 15.9 Å². The van der Waals surface area contributed by atoms with Crippen molar-refractivity contribution in [3.05, 3.63) is 68.9 Å². The van der Waals surface area contributed by atoms with Gasteiger partial charge in [0.1, 0.15) is 5.82 Å². The molecule has 3 rings (SSSR count). The van der Waals surface area contributed by atoms with Crippen molar-refractivity contribution in [2.75, 3.05) is 6.54 Å². The van der Waals surface area contributed by atoms with Crippen LogP contribution in [-0.4, -0.2) is 6.54 Å². The van der Waals surface area contributed by atoms with Crippen LogP contribution in [0.2, 0.25) is 0 Å². The van der Waals surface area contributed by atoms with Gasteiger partial charge in [0.05, 0.1) is 23.7 Å². The van der Waals surface area contributed by atoms with Crippen LogP contribution in [0.25, 0.3) is 0 Å². The topological polar surface area (TPSA) is 21.3 Å². The third-order valence-corrected chi connectivity index (χ3v) is 4.39. The molecule has 1 unspecified atom stereocenters. The first-order valence-electron chi connectivity index (χ1n) is 7.07. The molecule has 4 heteroatoms. The van der Waals surface area contributed by atoms with E-state index in [2.05, 4.69) is 39.4 Å². The third-order valence-electron chi connectivity index (χ3n) is 3.78. The fourth-order valence-corrected chi connectivity index (χ4v) is 3.11. The van der Waals surface area contributed by atoms with E-state index >= 15 is 0 Å². The van der Waals surface area contributed by atoms with Gasteiger partial charge in [-0.3, -0.25) is 0 Å². The molecule has 0 radical (unpaired) electrons. The molecule has 21 heavy (non-hydrogen) atoms. The van der Waals surface area contributed by atoms with E-state index in [4.69, 9.17) is 4.74 Å². The minimum Gasteiger partial charge on any atom is -0.372 e. The summed E-state index contributed by atoms with van der Waals surface area (Å²) in [6, 6.07) is 11.5. The monoisotopic (exact) mass is 349 g/mol. The Morgan fingerprint density at radius 1 is 1.24 bits per heavy atom. The van der Waals surface area contributed by atoms with Crippen LogP contribution in [0, 0.1) is 5.82 Å². The van der Waals surface area contributed by atoms with Crippen LogP contribution < -0.4 is 5.32 Å². The summed E-state index contributed by atoms with van der Waals surface area (Å²) in [6.45, 7) is 4.11. The number of benzene rings is 2. The lowest BCUT2D eigenvalue weighted by Crippen LogP contribution is -2.23. The Morgan fingerprint density at radius 2 is 2.05 bits per heavy atom. The molecule has 2 nitrogen and oxygen atoms in total. The predicted octanol–water partition coefficient (Wildman–Crippen LogP) is 4.32. The van der Waals surface area contributed by atoms with Crippen LogP contribution in [0.1, 0.15) is 35.2 Å². The highest BCUT2D eigenvalue weighted by atomic mass is 79.9. The summed E-state index contributed by atoms with van der Waals surface area (Å²) in [5.41, 5.74) is 4.15. The zero-order valence-corrected chi connectivity index (χ0v) is 13.4. The van der Waals surface area contributed by atoms with Crippen LogP contribution in [0.4, 0.5) is 4.39 Å². The number of hydrogen-bond donors (Lipinski definition) is 1. The van der Waals surface area contributed by atoms with E-state index in [9.17, 15) is 4.39 Å². The summed E-state index contributed by atoms with van der Waals surface area (Å²) in [6.07, 6.45) is 0. The average molecular weight is 350 g/mol. The summed E-state index contributed by atoms with van der Waals surface area (Å²) in [5, 5.41) is 3.37. The number of fused-ring (bicyclic) bond motifs is 1. The Balaban J connectivity index is 2.03. The molecular formula is C17H17BrFNO. The molecule has 1 atom stereocenters. The van der Waals surface area contributed by atoms with Crippen LogP contribution in [0.5, 0.6) is 0 Å². The first-order chi connectivity index (χ1) is 10.2. The van der Waals surface area contributed by atoms with Crippen LogP contribution in [-0.2, 0) is 18.0 Å². The van der Waals surface area contributed by atoms with Gasteiger partial charge in [-0.2, -0.15) is 0 Å². The van der Waals surface area contributed by atoms with Gasteiger partial charge in [0, 0.05) is 5.56 Å². The fourth-order valence-electron chi connectivity index (χ4n) is 2.73. The summed E-state index contributed by atoms with van der Waals surface area (Å²) in [7, 11) is 0.